The molecule has 0 atom stereocenters. The number of ketones is 1. The average molecular weight is 330 g/mol. The number of Topliss-reactive ketones (excluding diaryl/α,β-unsaturated/α-hetero) is 1. The summed E-state index contributed by atoms with van der Waals surface area (Å²) < 4.78 is 5.37. The van der Waals surface area contributed by atoms with Crippen LogP contribution < -0.4 is 5.73 Å². The van der Waals surface area contributed by atoms with Crippen LogP contribution in [0.5, 0.6) is 0 Å². The summed E-state index contributed by atoms with van der Waals surface area (Å²) in [5.41, 5.74) is 7.82. The van der Waals surface area contributed by atoms with E-state index >= 15 is 0 Å². The Bertz CT molecular complexity index is 918. The molecular weight excluding hydrogens is 312 g/mol. The van der Waals surface area contributed by atoms with Crippen LogP contribution in [0.4, 0.5) is 5.69 Å². The number of fused-ring (bicyclic) bond motifs is 1. The predicted octanol–water partition coefficient (Wildman–Crippen LogP) is 3.74. The van der Waals surface area contributed by atoms with Gasteiger partial charge in [0, 0.05) is 22.1 Å². The quantitative estimate of drug-likeness (QED) is 0.719. The van der Waals surface area contributed by atoms with Gasteiger partial charge in [0.15, 0.2) is 11.6 Å². The van der Waals surface area contributed by atoms with Crippen molar-refractivity contribution in [3.63, 3.8) is 0 Å². The molecule has 0 amide bonds. The van der Waals surface area contributed by atoms with E-state index in [1.165, 1.54) is 18.3 Å². The molecule has 3 aromatic rings. The van der Waals surface area contributed by atoms with E-state index < -0.39 is 0 Å². The van der Waals surface area contributed by atoms with Crippen LogP contribution in [0.15, 0.2) is 10.6 Å². The van der Waals surface area contributed by atoms with Crippen molar-refractivity contribution in [3.05, 3.63) is 23.1 Å². The molecule has 0 aliphatic rings. The number of rotatable bonds is 2. The van der Waals surface area contributed by atoms with Crippen molar-refractivity contribution in [1.82, 2.24) is 15.1 Å². The normalized spacial score (nSPS) is 12.0. The number of thiophene rings is 1. The number of hydrogen-bond donors (Lipinski definition) is 1. The van der Waals surface area contributed by atoms with E-state index in [-0.39, 0.29) is 11.2 Å². The van der Waals surface area contributed by atoms with E-state index in [9.17, 15) is 4.79 Å². The van der Waals surface area contributed by atoms with Gasteiger partial charge in [0.1, 0.15) is 9.71 Å². The fourth-order valence-corrected chi connectivity index (χ4v) is 3.31. The maximum atomic E-state index is 11.7. The number of aryl methyl sites for hydroxylation is 1. The number of nitrogens with zero attached hydrogens (tertiary/aromatic N) is 3. The molecule has 0 saturated carbocycles. The highest BCUT2D eigenvalue weighted by Crippen LogP contribution is 2.40. The molecular formula is C16H18N4O2S. The number of carbonyl (C=O) groups excluding carboxylic acids is 1. The zero-order valence-corrected chi connectivity index (χ0v) is 14.5. The van der Waals surface area contributed by atoms with E-state index in [0.717, 1.165) is 10.2 Å². The van der Waals surface area contributed by atoms with Crippen molar-refractivity contribution in [1.29, 1.82) is 0 Å². The maximum absolute atomic E-state index is 11.7. The van der Waals surface area contributed by atoms with E-state index in [4.69, 9.17) is 10.3 Å². The highest BCUT2D eigenvalue weighted by Gasteiger charge is 2.24. The van der Waals surface area contributed by atoms with Crippen molar-refractivity contribution in [2.24, 2.45) is 0 Å². The molecule has 0 aliphatic heterocycles. The van der Waals surface area contributed by atoms with Gasteiger partial charge in [-0.1, -0.05) is 25.9 Å². The highest BCUT2D eigenvalue weighted by atomic mass is 32.1. The largest absolute Gasteiger partial charge is 0.397 e. The van der Waals surface area contributed by atoms with Crippen LogP contribution in [0, 0.1) is 6.92 Å². The van der Waals surface area contributed by atoms with Crippen LogP contribution in [0.1, 0.15) is 49.6 Å². The lowest BCUT2D eigenvalue weighted by molar-refractivity contribution is 0.101. The molecule has 0 aliphatic carbocycles. The second-order valence-electron chi connectivity index (χ2n) is 6.55. The van der Waals surface area contributed by atoms with Gasteiger partial charge in [-0.2, -0.15) is 4.98 Å². The lowest BCUT2D eigenvalue weighted by Gasteiger charge is -2.10. The molecule has 23 heavy (non-hydrogen) atoms. The van der Waals surface area contributed by atoms with Gasteiger partial charge >= 0.3 is 0 Å². The van der Waals surface area contributed by atoms with Crippen LogP contribution in [-0.2, 0) is 5.41 Å². The SMILES string of the molecule is CC(=O)c1cc2c(N)c(-c3nc(C(C)(C)C)no3)sc2nc1C. The van der Waals surface area contributed by atoms with E-state index in [0.29, 0.717) is 33.5 Å². The maximum Gasteiger partial charge on any atom is 0.270 e. The molecule has 0 radical (unpaired) electrons. The van der Waals surface area contributed by atoms with Crippen LogP contribution in [0.25, 0.3) is 21.0 Å². The van der Waals surface area contributed by atoms with Crippen LogP contribution in [-0.4, -0.2) is 20.9 Å². The van der Waals surface area contributed by atoms with Crippen molar-refractivity contribution in [3.8, 4) is 10.8 Å². The molecule has 120 valence electrons. The first-order valence-electron chi connectivity index (χ1n) is 7.23. The molecule has 3 aromatic heterocycles. The Morgan fingerprint density at radius 1 is 1.30 bits per heavy atom. The lowest BCUT2D eigenvalue weighted by atomic mass is 9.96. The third-order valence-corrected chi connectivity index (χ3v) is 4.69. The van der Waals surface area contributed by atoms with E-state index in [1.54, 1.807) is 6.07 Å². The molecule has 3 rings (SSSR count). The number of nitrogen functional groups attached to an aromatic ring is 1. The zero-order chi connectivity index (χ0) is 16.9. The summed E-state index contributed by atoms with van der Waals surface area (Å²) in [6.45, 7) is 9.38. The molecule has 2 N–H and O–H groups in total. The van der Waals surface area contributed by atoms with E-state index in [2.05, 4.69) is 15.1 Å². The van der Waals surface area contributed by atoms with Gasteiger partial charge in [-0.15, -0.1) is 11.3 Å². The summed E-state index contributed by atoms with van der Waals surface area (Å²) in [6.07, 6.45) is 0. The van der Waals surface area contributed by atoms with Gasteiger partial charge in [-0.25, -0.2) is 4.98 Å². The topological polar surface area (TPSA) is 94.9 Å². The molecule has 7 heteroatoms. The second-order valence-corrected chi connectivity index (χ2v) is 7.55. The van der Waals surface area contributed by atoms with Crippen LogP contribution in [0.2, 0.25) is 0 Å². The van der Waals surface area contributed by atoms with E-state index in [1.807, 2.05) is 27.7 Å². The number of anilines is 1. The van der Waals surface area contributed by atoms with Crippen molar-refractivity contribution >= 4 is 33.0 Å². The molecule has 0 bridgehead atoms. The molecule has 6 nitrogen and oxygen atoms in total. The first-order valence-corrected chi connectivity index (χ1v) is 8.05. The monoisotopic (exact) mass is 330 g/mol. The zero-order valence-electron chi connectivity index (χ0n) is 13.7. The highest BCUT2D eigenvalue weighted by molar-refractivity contribution is 7.22. The number of hydrogen-bond acceptors (Lipinski definition) is 7. The fourth-order valence-electron chi connectivity index (χ4n) is 2.26. The Kier molecular flexibility index (Phi) is 3.48. The number of nitrogens with two attached hydrogens (primary N) is 1. The summed E-state index contributed by atoms with van der Waals surface area (Å²) >= 11 is 1.39. The molecule has 0 spiro atoms. The van der Waals surface area contributed by atoms with Gasteiger partial charge in [0.25, 0.3) is 5.89 Å². The standard InChI is InChI=1S/C16H18N4O2S/c1-7-9(8(2)21)6-10-11(17)12(23-14(10)18-7)13-19-15(20-22-13)16(3,4)5/h6H,17H2,1-5H3. The van der Waals surface area contributed by atoms with Crippen molar-refractivity contribution < 1.29 is 9.32 Å². The number of carbonyl (C=O) groups is 1. The Morgan fingerprint density at radius 3 is 2.57 bits per heavy atom. The predicted molar refractivity (Wildman–Crippen MR) is 90.8 cm³/mol. The summed E-state index contributed by atoms with van der Waals surface area (Å²) in [7, 11) is 0. The minimum atomic E-state index is -0.205. The van der Waals surface area contributed by atoms with Gasteiger partial charge in [0.2, 0.25) is 0 Å². The Balaban J connectivity index is 2.18. The number of pyridine rings is 1. The van der Waals surface area contributed by atoms with Crippen molar-refractivity contribution in [2.45, 2.75) is 40.0 Å². The molecule has 3 heterocycles. The summed E-state index contributed by atoms with van der Waals surface area (Å²) in [6, 6.07) is 1.79. The number of aromatic nitrogens is 3. The summed E-state index contributed by atoms with van der Waals surface area (Å²) in [5, 5.41) is 4.78. The third kappa shape index (κ3) is 2.61. The van der Waals surface area contributed by atoms with Crippen LogP contribution >= 0.6 is 11.3 Å². The summed E-state index contributed by atoms with van der Waals surface area (Å²) in [5.74, 6) is 0.979. The molecule has 0 saturated heterocycles. The van der Waals surface area contributed by atoms with Gasteiger partial charge in [0.05, 0.1) is 5.69 Å². The fraction of sp³-hybridized carbons (Fsp3) is 0.375. The van der Waals surface area contributed by atoms with Crippen molar-refractivity contribution in [2.75, 3.05) is 5.73 Å². The molecule has 0 unspecified atom stereocenters. The minimum Gasteiger partial charge on any atom is -0.397 e. The first-order chi connectivity index (χ1) is 10.7. The van der Waals surface area contributed by atoms with Gasteiger partial charge < -0.3 is 10.3 Å². The Morgan fingerprint density at radius 2 is 2.00 bits per heavy atom. The molecule has 0 fully saturated rings. The Labute approximate surface area is 137 Å². The Hall–Kier alpha value is -2.28. The third-order valence-electron chi connectivity index (χ3n) is 3.58. The lowest BCUT2D eigenvalue weighted by Crippen LogP contribution is -2.13. The van der Waals surface area contributed by atoms with Gasteiger partial charge in [-0.05, 0) is 19.9 Å². The second kappa shape index (κ2) is 5.13. The molecule has 0 aromatic carbocycles. The minimum absolute atomic E-state index is 0.0307. The van der Waals surface area contributed by atoms with Crippen LogP contribution in [0.3, 0.4) is 0 Å². The smallest absolute Gasteiger partial charge is 0.270 e. The van der Waals surface area contributed by atoms with Gasteiger partial charge in [-0.3, -0.25) is 4.79 Å². The first kappa shape index (κ1) is 15.6. The summed E-state index contributed by atoms with van der Waals surface area (Å²) in [4.78, 5) is 22.1. The average Bonchev–Trinajstić information content (AvgIpc) is 3.02.